The number of nitrogens with one attached hydrogen (secondary N) is 1. The lowest BCUT2D eigenvalue weighted by atomic mass is 9.97. The molecule has 0 bridgehead atoms. The van der Waals surface area contributed by atoms with Crippen LogP contribution in [-0.4, -0.2) is 27.5 Å². The Bertz CT molecular complexity index is 1190. The molecular formula is C28H34N2O4S. The third kappa shape index (κ3) is 7.09. The number of ether oxygens (including phenoxy) is 1. The van der Waals surface area contributed by atoms with Crippen LogP contribution in [0.4, 0.5) is 5.69 Å². The molecule has 0 saturated carbocycles. The van der Waals surface area contributed by atoms with E-state index in [1.165, 1.54) is 0 Å². The van der Waals surface area contributed by atoms with Crippen LogP contribution in [0.3, 0.4) is 0 Å². The summed E-state index contributed by atoms with van der Waals surface area (Å²) in [7, 11) is -3.98. The van der Waals surface area contributed by atoms with Crippen LogP contribution in [0.2, 0.25) is 0 Å². The highest BCUT2D eigenvalue weighted by atomic mass is 32.2. The summed E-state index contributed by atoms with van der Waals surface area (Å²) in [6, 6.07) is 22.9. The minimum atomic E-state index is -3.98. The summed E-state index contributed by atoms with van der Waals surface area (Å²) in [5.74, 6) is 0.609. The Hall–Kier alpha value is -3.32. The number of aryl methyl sites for hydroxylation is 1. The second-order valence-electron chi connectivity index (χ2n) is 8.91. The maximum absolute atomic E-state index is 13.6. The van der Waals surface area contributed by atoms with Crippen molar-refractivity contribution in [2.45, 2.75) is 45.1 Å². The van der Waals surface area contributed by atoms with Crippen molar-refractivity contribution in [3.8, 4) is 5.75 Å². The van der Waals surface area contributed by atoms with Crippen LogP contribution in [0, 0.1) is 12.8 Å². The van der Waals surface area contributed by atoms with E-state index >= 15 is 0 Å². The zero-order chi connectivity index (χ0) is 25.4. The molecule has 1 atom stereocenters. The minimum absolute atomic E-state index is 0.131. The number of benzene rings is 3. The summed E-state index contributed by atoms with van der Waals surface area (Å²) in [5, 5.41) is 3.06. The molecule has 0 fully saturated rings. The summed E-state index contributed by atoms with van der Waals surface area (Å²) in [6.45, 7) is 8.13. The van der Waals surface area contributed by atoms with Crippen molar-refractivity contribution in [1.29, 1.82) is 0 Å². The van der Waals surface area contributed by atoms with E-state index in [-0.39, 0.29) is 23.4 Å². The average molecular weight is 495 g/mol. The molecule has 3 rings (SSSR count). The van der Waals surface area contributed by atoms with Crippen molar-refractivity contribution >= 4 is 21.6 Å². The minimum Gasteiger partial charge on any atom is -0.494 e. The molecule has 7 heteroatoms. The first-order valence-electron chi connectivity index (χ1n) is 11.9. The molecule has 0 spiro atoms. The van der Waals surface area contributed by atoms with Crippen LogP contribution in [0.1, 0.15) is 44.4 Å². The van der Waals surface area contributed by atoms with E-state index in [4.69, 9.17) is 4.74 Å². The topological polar surface area (TPSA) is 75.7 Å². The van der Waals surface area contributed by atoms with Crippen LogP contribution >= 0.6 is 0 Å². The highest BCUT2D eigenvalue weighted by molar-refractivity contribution is 7.92. The standard InChI is InChI=1S/C28H34N2O4S/c1-5-34-25-15-13-24(14-16-25)30(35(32,33)26-17-11-22(4)12-18-26)20-28(31)29-27(19-21(2)3)23-9-7-6-8-10-23/h6-18,21,27H,5,19-20H2,1-4H3,(H,29,31)/t27-/m0/s1. The van der Waals surface area contributed by atoms with Crippen LogP contribution in [-0.2, 0) is 14.8 Å². The molecule has 6 nitrogen and oxygen atoms in total. The lowest BCUT2D eigenvalue weighted by molar-refractivity contribution is -0.120. The lowest BCUT2D eigenvalue weighted by Gasteiger charge is -2.27. The van der Waals surface area contributed by atoms with Crippen molar-refractivity contribution in [1.82, 2.24) is 5.32 Å². The molecule has 1 N–H and O–H groups in total. The van der Waals surface area contributed by atoms with Gasteiger partial charge in [-0.05, 0) is 68.1 Å². The van der Waals surface area contributed by atoms with Crippen molar-refractivity contribution in [2.75, 3.05) is 17.5 Å². The molecule has 0 radical (unpaired) electrons. The Morgan fingerprint density at radius 1 is 0.943 bits per heavy atom. The molecule has 0 heterocycles. The van der Waals surface area contributed by atoms with Gasteiger partial charge < -0.3 is 10.1 Å². The normalized spacial score (nSPS) is 12.3. The van der Waals surface area contributed by atoms with E-state index in [0.717, 1.165) is 21.9 Å². The Kier molecular flexibility index (Phi) is 8.93. The lowest BCUT2D eigenvalue weighted by Crippen LogP contribution is -2.42. The van der Waals surface area contributed by atoms with E-state index in [0.29, 0.717) is 24.0 Å². The van der Waals surface area contributed by atoms with Gasteiger partial charge in [0.05, 0.1) is 23.2 Å². The highest BCUT2D eigenvalue weighted by Gasteiger charge is 2.28. The van der Waals surface area contributed by atoms with Gasteiger partial charge in [-0.3, -0.25) is 9.10 Å². The fourth-order valence-corrected chi connectivity index (χ4v) is 5.25. The molecule has 3 aromatic rings. The zero-order valence-corrected chi connectivity index (χ0v) is 21.6. The Balaban J connectivity index is 1.92. The zero-order valence-electron chi connectivity index (χ0n) is 20.8. The molecular weight excluding hydrogens is 460 g/mol. The van der Waals surface area contributed by atoms with Gasteiger partial charge in [0.25, 0.3) is 10.0 Å². The third-order valence-corrected chi connectivity index (χ3v) is 7.36. The fourth-order valence-electron chi connectivity index (χ4n) is 3.83. The number of sulfonamides is 1. The fraction of sp³-hybridized carbons (Fsp3) is 0.321. The molecule has 0 unspecified atom stereocenters. The summed E-state index contributed by atoms with van der Waals surface area (Å²) < 4.78 is 33.9. The number of nitrogens with zero attached hydrogens (tertiary/aromatic N) is 1. The van der Waals surface area contributed by atoms with Crippen molar-refractivity contribution in [3.63, 3.8) is 0 Å². The first-order valence-corrected chi connectivity index (χ1v) is 13.3. The highest BCUT2D eigenvalue weighted by Crippen LogP contribution is 2.27. The largest absolute Gasteiger partial charge is 0.494 e. The smallest absolute Gasteiger partial charge is 0.264 e. The number of carbonyl (C=O) groups excluding carboxylic acids is 1. The monoisotopic (exact) mass is 494 g/mol. The summed E-state index contributed by atoms with van der Waals surface area (Å²) in [5.41, 5.74) is 2.33. The van der Waals surface area contributed by atoms with Crippen molar-refractivity contribution in [2.24, 2.45) is 5.92 Å². The summed E-state index contributed by atoms with van der Waals surface area (Å²) in [6.07, 6.45) is 0.740. The Morgan fingerprint density at radius 3 is 2.14 bits per heavy atom. The van der Waals surface area contributed by atoms with Crippen LogP contribution in [0.15, 0.2) is 83.8 Å². The van der Waals surface area contributed by atoms with Gasteiger partial charge in [-0.15, -0.1) is 0 Å². The molecule has 0 aliphatic carbocycles. The Labute approximate surface area is 209 Å². The van der Waals surface area contributed by atoms with Gasteiger partial charge in [-0.2, -0.15) is 0 Å². The van der Waals surface area contributed by atoms with Gasteiger partial charge in [0.15, 0.2) is 0 Å². The SMILES string of the molecule is CCOc1ccc(N(CC(=O)N[C@@H](CC(C)C)c2ccccc2)S(=O)(=O)c2ccc(C)cc2)cc1. The van der Waals surface area contributed by atoms with Crippen LogP contribution < -0.4 is 14.4 Å². The molecule has 0 aromatic heterocycles. The molecule has 0 aliphatic heterocycles. The van der Waals surface area contributed by atoms with Gasteiger partial charge in [0, 0.05) is 0 Å². The van der Waals surface area contributed by atoms with Gasteiger partial charge in [-0.25, -0.2) is 8.42 Å². The number of amides is 1. The maximum atomic E-state index is 13.6. The average Bonchev–Trinajstić information content (AvgIpc) is 2.83. The summed E-state index contributed by atoms with van der Waals surface area (Å²) in [4.78, 5) is 13.4. The molecule has 0 saturated heterocycles. The molecule has 35 heavy (non-hydrogen) atoms. The van der Waals surface area contributed by atoms with Gasteiger partial charge in [-0.1, -0.05) is 61.9 Å². The molecule has 0 aliphatic rings. The summed E-state index contributed by atoms with van der Waals surface area (Å²) >= 11 is 0. The molecule has 3 aromatic carbocycles. The van der Waals surface area contributed by atoms with Crippen molar-refractivity contribution in [3.05, 3.63) is 90.0 Å². The molecule has 186 valence electrons. The van der Waals surface area contributed by atoms with Gasteiger partial charge in [0.2, 0.25) is 5.91 Å². The van der Waals surface area contributed by atoms with E-state index < -0.39 is 10.0 Å². The van der Waals surface area contributed by atoms with E-state index in [2.05, 4.69) is 19.2 Å². The van der Waals surface area contributed by atoms with E-state index in [1.807, 2.05) is 44.2 Å². The van der Waals surface area contributed by atoms with Gasteiger partial charge in [0.1, 0.15) is 12.3 Å². The first kappa shape index (κ1) is 26.3. The number of anilines is 1. The number of rotatable bonds is 11. The maximum Gasteiger partial charge on any atom is 0.264 e. The van der Waals surface area contributed by atoms with E-state index in [9.17, 15) is 13.2 Å². The number of hydrogen-bond acceptors (Lipinski definition) is 4. The second-order valence-corrected chi connectivity index (χ2v) is 10.8. The van der Waals surface area contributed by atoms with Gasteiger partial charge >= 0.3 is 0 Å². The predicted molar refractivity (Wildman–Crippen MR) is 140 cm³/mol. The van der Waals surface area contributed by atoms with Crippen LogP contribution in [0.25, 0.3) is 0 Å². The number of carbonyl (C=O) groups is 1. The van der Waals surface area contributed by atoms with Crippen molar-refractivity contribution < 1.29 is 17.9 Å². The third-order valence-electron chi connectivity index (χ3n) is 5.58. The molecule has 1 amide bonds. The van der Waals surface area contributed by atoms with Crippen LogP contribution in [0.5, 0.6) is 5.75 Å². The van der Waals surface area contributed by atoms with E-state index in [1.54, 1.807) is 48.5 Å². The first-order chi connectivity index (χ1) is 16.7. The second kappa shape index (κ2) is 11.9. The quantitative estimate of drug-likeness (QED) is 0.382. The Morgan fingerprint density at radius 2 is 1.57 bits per heavy atom. The number of hydrogen-bond donors (Lipinski definition) is 1. The predicted octanol–water partition coefficient (Wildman–Crippen LogP) is 5.49.